The highest BCUT2D eigenvalue weighted by molar-refractivity contribution is 6.02. The van der Waals surface area contributed by atoms with Gasteiger partial charge in [0.15, 0.2) is 11.5 Å². The highest BCUT2D eigenvalue weighted by Crippen LogP contribution is 2.50. The van der Waals surface area contributed by atoms with Crippen LogP contribution in [0.2, 0.25) is 0 Å². The number of hydrogen-bond acceptors (Lipinski definition) is 4. The average Bonchev–Trinajstić information content (AvgIpc) is 3.58. The van der Waals surface area contributed by atoms with Crippen molar-refractivity contribution in [1.82, 2.24) is 0 Å². The van der Waals surface area contributed by atoms with E-state index in [9.17, 15) is 15.0 Å². The normalized spacial score (nSPS) is 14.2. The third-order valence-corrected chi connectivity index (χ3v) is 5.84. The van der Waals surface area contributed by atoms with Gasteiger partial charge in [0.25, 0.3) is 0 Å². The fraction of sp³-hybridized carbons (Fsp3) is 0.240. The van der Waals surface area contributed by atoms with Crippen LogP contribution < -0.4 is 10.1 Å². The smallest absolute Gasteiger partial charge is 0.235 e. The summed E-state index contributed by atoms with van der Waals surface area (Å²) in [4.78, 5) is 13.1. The Morgan fingerprint density at radius 2 is 1.83 bits per heavy atom. The molecule has 1 aliphatic carbocycles. The highest BCUT2D eigenvalue weighted by atomic mass is 16.5. The monoisotopic (exact) mass is 403 g/mol. The summed E-state index contributed by atoms with van der Waals surface area (Å²) in [6.07, 6.45) is 2.29. The molecule has 1 aliphatic rings. The lowest BCUT2D eigenvalue weighted by molar-refractivity contribution is -0.118. The number of methoxy groups -OCH3 is 1. The second-order valence-electron chi connectivity index (χ2n) is 7.70. The van der Waals surface area contributed by atoms with E-state index >= 15 is 0 Å². The number of benzene rings is 3. The molecular formula is C25H25NO4. The Kier molecular flexibility index (Phi) is 5.12. The molecule has 3 aromatic rings. The first kappa shape index (κ1) is 19.8. The van der Waals surface area contributed by atoms with Crippen LogP contribution in [0.1, 0.15) is 30.9 Å². The van der Waals surface area contributed by atoms with Crippen LogP contribution >= 0.6 is 0 Å². The molecule has 0 spiro atoms. The SMILES string of the molecule is CCc1ccc(NC(=O)C2(c3ccc(O)c(O)c3)CC2)cc1-c1cccc(OC)c1. The maximum atomic E-state index is 13.1. The van der Waals surface area contributed by atoms with E-state index in [1.807, 2.05) is 42.5 Å². The minimum atomic E-state index is -0.662. The summed E-state index contributed by atoms with van der Waals surface area (Å²) in [6.45, 7) is 2.10. The molecule has 1 fully saturated rings. The molecule has 4 rings (SSSR count). The van der Waals surface area contributed by atoms with Crippen molar-refractivity contribution in [3.8, 4) is 28.4 Å². The zero-order valence-corrected chi connectivity index (χ0v) is 17.1. The van der Waals surface area contributed by atoms with Gasteiger partial charge in [0.2, 0.25) is 5.91 Å². The first-order valence-corrected chi connectivity index (χ1v) is 10.1. The highest BCUT2D eigenvalue weighted by Gasteiger charge is 2.51. The lowest BCUT2D eigenvalue weighted by Gasteiger charge is -2.18. The minimum Gasteiger partial charge on any atom is -0.504 e. The van der Waals surface area contributed by atoms with Crippen LogP contribution in [0.15, 0.2) is 60.7 Å². The van der Waals surface area contributed by atoms with Crippen LogP contribution in [-0.4, -0.2) is 23.2 Å². The molecule has 0 heterocycles. The molecule has 5 heteroatoms. The maximum absolute atomic E-state index is 13.1. The van der Waals surface area contributed by atoms with Gasteiger partial charge in [-0.2, -0.15) is 0 Å². The predicted molar refractivity (Wildman–Crippen MR) is 117 cm³/mol. The van der Waals surface area contributed by atoms with Crippen molar-refractivity contribution in [1.29, 1.82) is 0 Å². The Hall–Kier alpha value is -3.47. The number of carbonyl (C=O) groups excluding carboxylic acids is 1. The molecule has 5 nitrogen and oxygen atoms in total. The Bertz CT molecular complexity index is 1100. The van der Waals surface area contributed by atoms with Gasteiger partial charge in [-0.25, -0.2) is 0 Å². The summed E-state index contributed by atoms with van der Waals surface area (Å²) in [5.74, 6) is 0.286. The zero-order valence-electron chi connectivity index (χ0n) is 17.1. The topological polar surface area (TPSA) is 78.8 Å². The van der Waals surface area contributed by atoms with Crippen molar-refractivity contribution in [3.05, 3.63) is 71.8 Å². The summed E-state index contributed by atoms with van der Waals surface area (Å²) < 4.78 is 5.36. The zero-order chi connectivity index (χ0) is 21.3. The summed E-state index contributed by atoms with van der Waals surface area (Å²) in [5.41, 5.74) is 4.06. The number of aromatic hydroxyl groups is 2. The first-order valence-electron chi connectivity index (χ1n) is 10.1. The molecular weight excluding hydrogens is 378 g/mol. The molecule has 0 unspecified atom stereocenters. The molecule has 0 aliphatic heterocycles. The molecule has 0 bridgehead atoms. The van der Waals surface area contributed by atoms with Gasteiger partial charge in [0.05, 0.1) is 12.5 Å². The number of hydrogen-bond donors (Lipinski definition) is 3. The van der Waals surface area contributed by atoms with E-state index in [1.165, 1.54) is 17.7 Å². The number of ether oxygens (including phenoxy) is 1. The molecule has 0 atom stereocenters. The second kappa shape index (κ2) is 7.75. The Balaban J connectivity index is 1.63. The number of rotatable bonds is 6. The number of amides is 1. The fourth-order valence-corrected chi connectivity index (χ4v) is 3.87. The lowest BCUT2D eigenvalue weighted by atomic mass is 9.93. The van der Waals surface area contributed by atoms with Crippen molar-refractivity contribution < 1.29 is 19.7 Å². The van der Waals surface area contributed by atoms with Crippen LogP contribution in [0.4, 0.5) is 5.69 Å². The van der Waals surface area contributed by atoms with Gasteiger partial charge in [0.1, 0.15) is 5.75 Å². The summed E-state index contributed by atoms with van der Waals surface area (Å²) >= 11 is 0. The number of aryl methyl sites for hydroxylation is 1. The standard InChI is InChI=1S/C25H25NO4/c1-3-16-7-9-19(15-21(16)17-5-4-6-20(13-17)30-2)26-24(29)25(11-12-25)18-8-10-22(27)23(28)14-18/h4-10,13-15,27-28H,3,11-12H2,1-2H3,(H,26,29). The van der Waals surface area contributed by atoms with E-state index in [1.54, 1.807) is 13.2 Å². The third-order valence-electron chi connectivity index (χ3n) is 5.84. The largest absolute Gasteiger partial charge is 0.504 e. The lowest BCUT2D eigenvalue weighted by Crippen LogP contribution is -2.27. The molecule has 0 radical (unpaired) electrons. The van der Waals surface area contributed by atoms with E-state index in [0.29, 0.717) is 18.4 Å². The Morgan fingerprint density at radius 1 is 1.03 bits per heavy atom. The van der Waals surface area contributed by atoms with Gasteiger partial charge in [-0.1, -0.05) is 31.2 Å². The fourth-order valence-electron chi connectivity index (χ4n) is 3.87. The molecule has 154 valence electrons. The van der Waals surface area contributed by atoms with Crippen LogP contribution in [0.25, 0.3) is 11.1 Å². The van der Waals surface area contributed by atoms with Gasteiger partial charge >= 0.3 is 0 Å². The van der Waals surface area contributed by atoms with Crippen molar-refractivity contribution in [2.45, 2.75) is 31.6 Å². The third kappa shape index (κ3) is 3.59. The number of nitrogens with one attached hydrogen (secondary N) is 1. The number of phenolic OH excluding ortho intramolecular Hbond substituents is 2. The van der Waals surface area contributed by atoms with Crippen LogP contribution in [0.5, 0.6) is 17.2 Å². The molecule has 3 N–H and O–H groups in total. The maximum Gasteiger partial charge on any atom is 0.235 e. The number of phenols is 2. The van der Waals surface area contributed by atoms with Crippen LogP contribution in [0.3, 0.4) is 0 Å². The number of anilines is 1. The summed E-state index contributed by atoms with van der Waals surface area (Å²) in [7, 11) is 1.65. The average molecular weight is 403 g/mol. The van der Waals surface area contributed by atoms with Crippen molar-refractivity contribution in [3.63, 3.8) is 0 Å². The predicted octanol–water partition coefficient (Wildman–Crippen LogP) is 5.01. The molecule has 1 amide bonds. The van der Waals surface area contributed by atoms with E-state index in [0.717, 1.165) is 29.0 Å². The molecule has 1 saturated carbocycles. The molecule has 0 saturated heterocycles. The Morgan fingerprint density at radius 3 is 2.50 bits per heavy atom. The second-order valence-corrected chi connectivity index (χ2v) is 7.70. The van der Waals surface area contributed by atoms with E-state index in [-0.39, 0.29) is 17.4 Å². The van der Waals surface area contributed by atoms with Crippen molar-refractivity contribution >= 4 is 11.6 Å². The quantitative estimate of drug-likeness (QED) is 0.506. The van der Waals surface area contributed by atoms with Crippen LogP contribution in [0, 0.1) is 0 Å². The van der Waals surface area contributed by atoms with Crippen LogP contribution in [-0.2, 0) is 16.6 Å². The van der Waals surface area contributed by atoms with Gasteiger partial charge in [0, 0.05) is 5.69 Å². The minimum absolute atomic E-state index is 0.103. The summed E-state index contributed by atoms with van der Waals surface area (Å²) in [5, 5.41) is 22.5. The van der Waals surface area contributed by atoms with E-state index in [4.69, 9.17) is 4.74 Å². The summed E-state index contributed by atoms with van der Waals surface area (Å²) in [6, 6.07) is 18.4. The Labute approximate surface area is 176 Å². The van der Waals surface area contributed by atoms with Gasteiger partial charge in [-0.3, -0.25) is 4.79 Å². The van der Waals surface area contributed by atoms with Gasteiger partial charge in [-0.05, 0) is 77.9 Å². The van der Waals surface area contributed by atoms with E-state index < -0.39 is 5.41 Å². The molecule has 30 heavy (non-hydrogen) atoms. The van der Waals surface area contributed by atoms with Gasteiger partial charge in [-0.15, -0.1) is 0 Å². The first-order chi connectivity index (χ1) is 14.5. The van der Waals surface area contributed by atoms with Crippen molar-refractivity contribution in [2.24, 2.45) is 0 Å². The number of carbonyl (C=O) groups is 1. The molecule has 0 aromatic heterocycles. The van der Waals surface area contributed by atoms with Gasteiger partial charge < -0.3 is 20.3 Å². The van der Waals surface area contributed by atoms with E-state index in [2.05, 4.69) is 12.2 Å². The molecule has 3 aromatic carbocycles. The van der Waals surface area contributed by atoms with Crippen molar-refractivity contribution in [2.75, 3.05) is 12.4 Å².